The summed E-state index contributed by atoms with van der Waals surface area (Å²) in [6.07, 6.45) is 13.3. The van der Waals surface area contributed by atoms with E-state index in [4.69, 9.17) is 15.9 Å². The van der Waals surface area contributed by atoms with Crippen LogP contribution in [0.4, 0.5) is 0 Å². The molecule has 4 heteroatoms. The maximum absolute atomic E-state index is 12.4. The van der Waals surface area contributed by atoms with Crippen molar-refractivity contribution >= 4 is 11.9 Å². The van der Waals surface area contributed by atoms with Gasteiger partial charge >= 0.3 is 11.9 Å². The van der Waals surface area contributed by atoms with Crippen LogP contribution in [0.3, 0.4) is 0 Å². The maximum Gasteiger partial charge on any atom is 0.324 e. The molecule has 0 amide bonds. The fourth-order valence-corrected chi connectivity index (χ4v) is 2.71. The maximum atomic E-state index is 12.4. The summed E-state index contributed by atoms with van der Waals surface area (Å²) < 4.78 is 10.2. The molecule has 1 rings (SSSR count). The van der Waals surface area contributed by atoms with Crippen LogP contribution in [-0.4, -0.2) is 25.2 Å². The monoisotopic (exact) mass is 306 g/mol. The molecule has 0 spiro atoms. The van der Waals surface area contributed by atoms with Crippen molar-refractivity contribution in [1.29, 1.82) is 0 Å². The Morgan fingerprint density at radius 2 is 1.68 bits per heavy atom. The zero-order valence-electron chi connectivity index (χ0n) is 13.7. The van der Waals surface area contributed by atoms with E-state index in [1.54, 1.807) is 13.8 Å². The second-order valence-corrected chi connectivity index (χ2v) is 5.53. The lowest BCUT2D eigenvalue weighted by Gasteiger charge is -2.27. The van der Waals surface area contributed by atoms with Gasteiger partial charge in [-0.25, -0.2) is 0 Å². The molecule has 0 aromatic carbocycles. The molecule has 0 aromatic rings. The summed E-state index contributed by atoms with van der Waals surface area (Å²) in [5, 5.41) is 0. The zero-order chi connectivity index (χ0) is 16.4. The highest BCUT2D eigenvalue weighted by Crippen LogP contribution is 2.33. The summed E-state index contributed by atoms with van der Waals surface area (Å²) in [5.74, 6) is 1.28. The molecule has 1 aliphatic rings. The molecular formula is C18H26O4. The number of carbonyl (C=O) groups is 2. The molecule has 0 unspecified atom stereocenters. The van der Waals surface area contributed by atoms with Gasteiger partial charge in [0.2, 0.25) is 0 Å². The topological polar surface area (TPSA) is 52.6 Å². The third-order valence-corrected chi connectivity index (χ3v) is 3.97. The van der Waals surface area contributed by atoms with Crippen molar-refractivity contribution in [2.24, 2.45) is 5.41 Å². The van der Waals surface area contributed by atoms with Gasteiger partial charge in [0.15, 0.2) is 5.41 Å². The Hall–Kier alpha value is -1.76. The Morgan fingerprint density at radius 1 is 1.14 bits per heavy atom. The predicted molar refractivity (Wildman–Crippen MR) is 84.9 cm³/mol. The number of hydrogen-bond donors (Lipinski definition) is 0. The summed E-state index contributed by atoms with van der Waals surface area (Å²) in [5.41, 5.74) is -0.119. The van der Waals surface area contributed by atoms with E-state index in [9.17, 15) is 9.59 Å². The largest absolute Gasteiger partial charge is 0.465 e. The van der Waals surface area contributed by atoms with E-state index in [1.165, 1.54) is 12.0 Å². The van der Waals surface area contributed by atoms with Crippen molar-refractivity contribution in [2.75, 3.05) is 13.2 Å². The third-order valence-electron chi connectivity index (χ3n) is 3.97. The summed E-state index contributed by atoms with van der Waals surface area (Å²) in [7, 11) is 0. The molecule has 22 heavy (non-hydrogen) atoms. The first-order valence-electron chi connectivity index (χ1n) is 8.06. The first-order valence-corrected chi connectivity index (χ1v) is 8.06. The van der Waals surface area contributed by atoms with Gasteiger partial charge in [-0.3, -0.25) is 9.59 Å². The number of terminal acetylenes is 1. The van der Waals surface area contributed by atoms with Crippen LogP contribution < -0.4 is 0 Å². The van der Waals surface area contributed by atoms with Crippen LogP contribution >= 0.6 is 0 Å². The van der Waals surface area contributed by atoms with Crippen molar-refractivity contribution in [3.05, 3.63) is 11.6 Å². The Balaban J connectivity index is 3.03. The van der Waals surface area contributed by atoms with E-state index < -0.39 is 17.4 Å². The number of allylic oxidation sites excluding steroid dienone is 2. The third kappa shape index (κ3) is 4.62. The summed E-state index contributed by atoms with van der Waals surface area (Å²) in [4.78, 5) is 24.8. The van der Waals surface area contributed by atoms with Gasteiger partial charge < -0.3 is 9.47 Å². The van der Waals surface area contributed by atoms with Crippen molar-refractivity contribution in [3.8, 4) is 12.3 Å². The van der Waals surface area contributed by atoms with E-state index in [-0.39, 0.29) is 26.1 Å². The minimum atomic E-state index is -1.41. The lowest BCUT2D eigenvalue weighted by atomic mass is 9.79. The first kappa shape index (κ1) is 18.3. The zero-order valence-corrected chi connectivity index (χ0v) is 13.7. The molecule has 0 bridgehead atoms. The average molecular weight is 306 g/mol. The fourth-order valence-electron chi connectivity index (χ4n) is 2.71. The van der Waals surface area contributed by atoms with E-state index >= 15 is 0 Å². The summed E-state index contributed by atoms with van der Waals surface area (Å²) >= 11 is 0. The Kier molecular flexibility index (Phi) is 7.73. The first-order chi connectivity index (χ1) is 10.6. The average Bonchev–Trinajstić information content (AvgIpc) is 2.53. The van der Waals surface area contributed by atoms with Crippen LogP contribution in [0, 0.1) is 17.8 Å². The molecule has 122 valence electrons. The smallest absolute Gasteiger partial charge is 0.324 e. The molecule has 1 aliphatic carbocycles. The lowest BCUT2D eigenvalue weighted by Crippen LogP contribution is -2.41. The molecule has 0 aliphatic heterocycles. The van der Waals surface area contributed by atoms with Crippen LogP contribution in [0.2, 0.25) is 0 Å². The number of rotatable bonds is 7. The molecule has 0 N–H and O–H groups in total. The standard InChI is InChI=1S/C18H26O4/c1-4-13-18(16(19)21-5-2,17(20)22-6-3)14-12-15-10-8-7-9-11-15/h1,12H,5-11,13-14H2,2-3H3. The lowest BCUT2D eigenvalue weighted by molar-refractivity contribution is -0.171. The van der Waals surface area contributed by atoms with Crippen molar-refractivity contribution in [1.82, 2.24) is 0 Å². The van der Waals surface area contributed by atoms with Gasteiger partial charge in [-0.2, -0.15) is 0 Å². The van der Waals surface area contributed by atoms with Crippen LogP contribution in [0.1, 0.15) is 58.8 Å². The molecule has 0 aromatic heterocycles. The molecule has 4 nitrogen and oxygen atoms in total. The Morgan fingerprint density at radius 3 is 2.14 bits per heavy atom. The quantitative estimate of drug-likeness (QED) is 0.313. The van der Waals surface area contributed by atoms with Crippen molar-refractivity contribution in [3.63, 3.8) is 0 Å². The Bertz CT molecular complexity index is 430. The van der Waals surface area contributed by atoms with E-state index in [0.29, 0.717) is 0 Å². The highest BCUT2D eigenvalue weighted by atomic mass is 16.6. The number of hydrogen-bond acceptors (Lipinski definition) is 4. The van der Waals surface area contributed by atoms with E-state index in [0.717, 1.165) is 25.7 Å². The van der Waals surface area contributed by atoms with Gasteiger partial charge in [0, 0.05) is 6.42 Å². The number of ether oxygens (including phenoxy) is 2. The molecule has 1 fully saturated rings. The van der Waals surface area contributed by atoms with Gasteiger partial charge in [0.25, 0.3) is 0 Å². The fraction of sp³-hybridized carbons (Fsp3) is 0.667. The Labute approximate surface area is 133 Å². The van der Waals surface area contributed by atoms with E-state index in [2.05, 4.69) is 5.92 Å². The molecule has 0 heterocycles. The molecule has 0 radical (unpaired) electrons. The second-order valence-electron chi connectivity index (χ2n) is 5.53. The minimum absolute atomic E-state index is 0.00551. The second kappa shape index (κ2) is 9.30. The summed E-state index contributed by atoms with van der Waals surface area (Å²) in [6.45, 7) is 3.84. The molecular weight excluding hydrogens is 280 g/mol. The highest BCUT2D eigenvalue weighted by molar-refractivity contribution is 6.00. The van der Waals surface area contributed by atoms with Crippen LogP contribution in [0.15, 0.2) is 11.6 Å². The van der Waals surface area contributed by atoms with Crippen LogP contribution in [0.5, 0.6) is 0 Å². The van der Waals surface area contributed by atoms with Gasteiger partial charge in [-0.1, -0.05) is 18.1 Å². The van der Waals surface area contributed by atoms with Crippen molar-refractivity contribution in [2.45, 2.75) is 58.8 Å². The molecule has 1 saturated carbocycles. The number of carbonyl (C=O) groups excluding carboxylic acids is 2. The SMILES string of the molecule is C#CCC(CC=C1CCCCC1)(C(=O)OCC)C(=O)OCC. The van der Waals surface area contributed by atoms with Gasteiger partial charge in [0.1, 0.15) is 0 Å². The highest BCUT2D eigenvalue weighted by Gasteiger charge is 2.47. The number of esters is 2. The normalized spacial score (nSPS) is 14.9. The van der Waals surface area contributed by atoms with Crippen molar-refractivity contribution < 1.29 is 19.1 Å². The van der Waals surface area contributed by atoms with Crippen LogP contribution in [-0.2, 0) is 19.1 Å². The van der Waals surface area contributed by atoms with Gasteiger partial charge in [-0.05, 0) is 46.0 Å². The molecule has 0 atom stereocenters. The van der Waals surface area contributed by atoms with E-state index in [1.807, 2.05) is 6.08 Å². The summed E-state index contributed by atoms with van der Waals surface area (Å²) in [6, 6.07) is 0. The molecule has 0 saturated heterocycles. The van der Waals surface area contributed by atoms with Gasteiger partial charge in [-0.15, -0.1) is 12.3 Å². The minimum Gasteiger partial charge on any atom is -0.465 e. The predicted octanol–water partition coefficient (Wildman–Crippen LogP) is 3.40. The van der Waals surface area contributed by atoms with Crippen LogP contribution in [0.25, 0.3) is 0 Å². The van der Waals surface area contributed by atoms with Gasteiger partial charge in [0.05, 0.1) is 13.2 Å².